The van der Waals surface area contributed by atoms with E-state index in [2.05, 4.69) is 51.6 Å². The van der Waals surface area contributed by atoms with E-state index in [1.54, 1.807) is 14.2 Å². The molecule has 4 heteroatoms. The van der Waals surface area contributed by atoms with E-state index in [-0.39, 0.29) is 0 Å². The van der Waals surface area contributed by atoms with E-state index in [9.17, 15) is 0 Å². The monoisotopic (exact) mass is 375 g/mol. The molecule has 0 saturated carbocycles. The molecular weight excluding hydrogens is 354 g/mol. The zero-order valence-corrected chi connectivity index (χ0v) is 15.2. The van der Waals surface area contributed by atoms with E-state index in [4.69, 9.17) is 9.47 Å². The fraction of sp³-hybridized carbons (Fsp3) is 0.368. The number of methoxy groups -OCH3 is 2. The summed E-state index contributed by atoms with van der Waals surface area (Å²) in [6.45, 7) is 0.769. The maximum Gasteiger partial charge on any atom is 0.136 e. The molecule has 0 spiro atoms. The Kier molecular flexibility index (Phi) is 5.23. The molecule has 1 aliphatic rings. The van der Waals surface area contributed by atoms with Crippen LogP contribution in [0.25, 0.3) is 0 Å². The van der Waals surface area contributed by atoms with Crippen LogP contribution in [0.4, 0.5) is 0 Å². The summed E-state index contributed by atoms with van der Waals surface area (Å²) in [5.74, 6) is 1.63. The van der Waals surface area contributed by atoms with Crippen molar-refractivity contribution in [3.8, 4) is 11.5 Å². The summed E-state index contributed by atoms with van der Waals surface area (Å²) < 4.78 is 11.8. The highest BCUT2D eigenvalue weighted by Crippen LogP contribution is 2.34. The summed E-state index contributed by atoms with van der Waals surface area (Å²) in [6, 6.07) is 13.1. The summed E-state index contributed by atoms with van der Waals surface area (Å²) >= 11 is 3.55. The van der Waals surface area contributed by atoms with E-state index in [1.165, 1.54) is 30.4 Å². The lowest BCUT2D eigenvalue weighted by molar-refractivity contribution is 0.385. The average molecular weight is 376 g/mol. The van der Waals surface area contributed by atoms with Gasteiger partial charge in [0, 0.05) is 24.2 Å². The summed E-state index contributed by atoms with van der Waals surface area (Å²) in [5.41, 5.74) is 4.03. The molecule has 0 amide bonds. The van der Waals surface area contributed by atoms with E-state index in [0.717, 1.165) is 28.1 Å². The highest BCUT2D eigenvalue weighted by Gasteiger charge is 2.20. The van der Waals surface area contributed by atoms with Crippen LogP contribution in [0.2, 0.25) is 0 Å². The summed E-state index contributed by atoms with van der Waals surface area (Å²) in [7, 11) is 3.36. The molecule has 0 radical (unpaired) electrons. The smallest absolute Gasteiger partial charge is 0.136 e. The first kappa shape index (κ1) is 16.3. The number of rotatable bonds is 5. The number of nitrogens with one attached hydrogen (secondary N) is 1. The Labute approximate surface area is 146 Å². The van der Waals surface area contributed by atoms with Crippen LogP contribution in [0.1, 0.15) is 35.6 Å². The standard InChI is InChI=1S/C19H22BrNO2/c1-22-18-11-19(23-2)16(20)10-14(18)12-21-17-9-5-7-13-6-3-4-8-15(13)17/h3-4,6,8,10-11,17,21H,5,7,9,12H2,1-2H3. The maximum absolute atomic E-state index is 5.51. The number of fused-ring (bicyclic) bond motifs is 1. The number of aryl methyl sites for hydroxylation is 1. The third kappa shape index (κ3) is 3.54. The average Bonchev–Trinajstić information content (AvgIpc) is 2.60. The summed E-state index contributed by atoms with van der Waals surface area (Å²) in [6.07, 6.45) is 3.60. The number of ether oxygens (including phenoxy) is 2. The van der Waals surface area contributed by atoms with E-state index in [0.29, 0.717) is 6.04 Å². The van der Waals surface area contributed by atoms with Gasteiger partial charge in [-0.1, -0.05) is 24.3 Å². The molecule has 1 N–H and O–H groups in total. The van der Waals surface area contributed by atoms with Crippen molar-refractivity contribution in [3.05, 3.63) is 57.6 Å². The van der Waals surface area contributed by atoms with Gasteiger partial charge in [0.25, 0.3) is 0 Å². The molecule has 2 aromatic rings. The molecule has 1 atom stereocenters. The van der Waals surface area contributed by atoms with Gasteiger partial charge in [-0.2, -0.15) is 0 Å². The molecule has 0 aliphatic heterocycles. The number of hydrogen-bond acceptors (Lipinski definition) is 3. The zero-order valence-electron chi connectivity index (χ0n) is 13.6. The Bertz CT molecular complexity index is 687. The normalized spacial score (nSPS) is 16.7. The molecule has 0 heterocycles. The summed E-state index contributed by atoms with van der Waals surface area (Å²) in [5, 5.41) is 3.69. The molecule has 122 valence electrons. The molecule has 0 aromatic heterocycles. The zero-order chi connectivity index (χ0) is 16.2. The van der Waals surface area contributed by atoms with Crippen LogP contribution in [-0.2, 0) is 13.0 Å². The lowest BCUT2D eigenvalue weighted by Crippen LogP contribution is -2.25. The van der Waals surface area contributed by atoms with Crippen LogP contribution in [-0.4, -0.2) is 14.2 Å². The molecule has 1 unspecified atom stereocenters. The predicted molar refractivity (Wildman–Crippen MR) is 96.2 cm³/mol. The van der Waals surface area contributed by atoms with Gasteiger partial charge < -0.3 is 14.8 Å². The van der Waals surface area contributed by atoms with Crippen molar-refractivity contribution >= 4 is 15.9 Å². The molecular formula is C19H22BrNO2. The van der Waals surface area contributed by atoms with Gasteiger partial charge in [-0.25, -0.2) is 0 Å². The SMILES string of the molecule is COc1cc(OC)c(CNC2CCCc3ccccc32)cc1Br. The molecule has 2 aromatic carbocycles. The Morgan fingerprint density at radius 1 is 1.13 bits per heavy atom. The van der Waals surface area contributed by atoms with Crippen molar-refractivity contribution in [2.75, 3.05) is 14.2 Å². The third-order valence-corrected chi connectivity index (χ3v) is 5.08. The topological polar surface area (TPSA) is 30.5 Å². The van der Waals surface area contributed by atoms with Gasteiger partial charge in [0.1, 0.15) is 11.5 Å². The second-order valence-corrected chi connectivity index (χ2v) is 6.68. The van der Waals surface area contributed by atoms with Gasteiger partial charge in [0.05, 0.1) is 18.7 Å². The van der Waals surface area contributed by atoms with E-state index < -0.39 is 0 Å². The van der Waals surface area contributed by atoms with Gasteiger partial charge in [0.15, 0.2) is 0 Å². The maximum atomic E-state index is 5.51. The molecule has 3 nitrogen and oxygen atoms in total. The largest absolute Gasteiger partial charge is 0.496 e. The first-order chi connectivity index (χ1) is 11.2. The minimum atomic E-state index is 0.408. The number of halogens is 1. The second kappa shape index (κ2) is 7.37. The predicted octanol–water partition coefficient (Wildman–Crippen LogP) is 4.63. The van der Waals surface area contributed by atoms with Crippen molar-refractivity contribution in [2.45, 2.75) is 31.8 Å². The number of hydrogen-bond donors (Lipinski definition) is 1. The molecule has 3 rings (SSSR count). The quantitative estimate of drug-likeness (QED) is 0.825. The highest BCUT2D eigenvalue weighted by atomic mass is 79.9. The van der Waals surface area contributed by atoms with Crippen molar-refractivity contribution in [3.63, 3.8) is 0 Å². The van der Waals surface area contributed by atoms with E-state index in [1.807, 2.05) is 6.07 Å². The van der Waals surface area contributed by atoms with Crippen molar-refractivity contribution in [2.24, 2.45) is 0 Å². The van der Waals surface area contributed by atoms with Crippen LogP contribution in [0.3, 0.4) is 0 Å². The third-order valence-electron chi connectivity index (χ3n) is 4.46. The highest BCUT2D eigenvalue weighted by molar-refractivity contribution is 9.10. The Hall–Kier alpha value is -1.52. The molecule has 23 heavy (non-hydrogen) atoms. The van der Waals surface area contributed by atoms with Crippen molar-refractivity contribution < 1.29 is 9.47 Å². The molecule has 0 saturated heterocycles. The van der Waals surface area contributed by atoms with Crippen molar-refractivity contribution in [1.29, 1.82) is 0 Å². The van der Waals surface area contributed by atoms with Gasteiger partial charge in [-0.15, -0.1) is 0 Å². The fourth-order valence-electron chi connectivity index (χ4n) is 3.26. The fourth-order valence-corrected chi connectivity index (χ4v) is 3.81. The van der Waals surface area contributed by atoms with Crippen LogP contribution in [0.15, 0.2) is 40.9 Å². The lowest BCUT2D eigenvalue weighted by Gasteiger charge is -2.27. The first-order valence-electron chi connectivity index (χ1n) is 7.94. The molecule has 0 bridgehead atoms. The lowest BCUT2D eigenvalue weighted by atomic mass is 9.87. The molecule has 0 fully saturated rings. The van der Waals surface area contributed by atoms with Gasteiger partial charge in [0.2, 0.25) is 0 Å². The minimum Gasteiger partial charge on any atom is -0.496 e. The Morgan fingerprint density at radius 2 is 1.91 bits per heavy atom. The minimum absolute atomic E-state index is 0.408. The summed E-state index contributed by atoms with van der Waals surface area (Å²) in [4.78, 5) is 0. The van der Waals surface area contributed by atoms with Crippen LogP contribution in [0, 0.1) is 0 Å². The van der Waals surface area contributed by atoms with Gasteiger partial charge in [-0.05, 0) is 52.4 Å². The van der Waals surface area contributed by atoms with Crippen LogP contribution >= 0.6 is 15.9 Å². The Morgan fingerprint density at radius 3 is 2.70 bits per heavy atom. The molecule has 1 aliphatic carbocycles. The van der Waals surface area contributed by atoms with Crippen LogP contribution in [0.5, 0.6) is 11.5 Å². The number of benzene rings is 2. The second-order valence-electron chi connectivity index (χ2n) is 5.82. The van der Waals surface area contributed by atoms with Gasteiger partial charge >= 0.3 is 0 Å². The van der Waals surface area contributed by atoms with Gasteiger partial charge in [-0.3, -0.25) is 0 Å². The Balaban J connectivity index is 1.78. The first-order valence-corrected chi connectivity index (χ1v) is 8.74. The van der Waals surface area contributed by atoms with Crippen molar-refractivity contribution in [1.82, 2.24) is 5.32 Å². The van der Waals surface area contributed by atoms with Crippen LogP contribution < -0.4 is 14.8 Å². The van der Waals surface area contributed by atoms with E-state index >= 15 is 0 Å².